The summed E-state index contributed by atoms with van der Waals surface area (Å²) in [4.78, 5) is 24.1. The third-order valence-electron chi connectivity index (χ3n) is 4.96. The number of fused-ring (bicyclic) bond motifs is 1. The predicted molar refractivity (Wildman–Crippen MR) is 123 cm³/mol. The van der Waals surface area contributed by atoms with Crippen molar-refractivity contribution in [3.8, 4) is 0 Å². The molecule has 0 aliphatic carbocycles. The van der Waals surface area contributed by atoms with Crippen LogP contribution in [0.25, 0.3) is 11.0 Å². The fourth-order valence-corrected chi connectivity index (χ4v) is 4.21. The average Bonchev–Trinajstić information content (AvgIpc) is 3.17. The second kappa shape index (κ2) is 10.1. The van der Waals surface area contributed by atoms with Gasteiger partial charge < -0.3 is 15.0 Å². The van der Waals surface area contributed by atoms with E-state index in [-0.39, 0.29) is 5.91 Å². The third kappa shape index (κ3) is 5.54. The Morgan fingerprint density at radius 2 is 1.97 bits per heavy atom. The maximum atomic E-state index is 12.3. The summed E-state index contributed by atoms with van der Waals surface area (Å²) in [7, 11) is 0. The Balaban J connectivity index is 1.49. The lowest BCUT2D eigenvalue weighted by atomic mass is 10.1. The Labute approximate surface area is 186 Å². The molecule has 0 spiro atoms. The van der Waals surface area contributed by atoms with Crippen molar-refractivity contribution in [1.29, 1.82) is 0 Å². The van der Waals surface area contributed by atoms with Gasteiger partial charge in [0.05, 0.1) is 37.8 Å². The first-order chi connectivity index (χ1) is 15.1. The Hall–Kier alpha value is -2.65. The van der Waals surface area contributed by atoms with Crippen LogP contribution in [0.5, 0.6) is 0 Å². The summed E-state index contributed by atoms with van der Waals surface area (Å²) in [6.45, 7) is 8.30. The standard InChI is InChI=1S/C22H28N6O2S/c1-16(2)31-22-25-20(27-10-12-30-13-11-27)18-15-24-28(21(18)26-22)9-8-23-19(29)14-17-6-4-3-5-7-17/h3-7,15-16H,8-14H2,1-2H3,(H,23,29). The first-order valence-corrected chi connectivity index (χ1v) is 11.5. The van der Waals surface area contributed by atoms with Crippen molar-refractivity contribution in [2.75, 3.05) is 37.7 Å². The Bertz CT molecular complexity index is 1020. The van der Waals surface area contributed by atoms with Crippen LogP contribution in [-0.2, 0) is 22.5 Å². The van der Waals surface area contributed by atoms with Gasteiger partial charge in [-0.15, -0.1) is 0 Å². The topological polar surface area (TPSA) is 85.2 Å². The molecule has 1 fully saturated rings. The van der Waals surface area contributed by atoms with Crippen molar-refractivity contribution >= 4 is 34.5 Å². The molecule has 1 aromatic carbocycles. The second-order valence-corrected chi connectivity index (χ2v) is 9.26. The van der Waals surface area contributed by atoms with Crippen molar-refractivity contribution in [2.24, 2.45) is 0 Å². The highest BCUT2D eigenvalue weighted by molar-refractivity contribution is 7.99. The number of aromatic nitrogens is 4. The number of benzene rings is 1. The minimum absolute atomic E-state index is 0.00217. The van der Waals surface area contributed by atoms with Crippen LogP contribution in [0.4, 0.5) is 5.82 Å². The molecule has 0 radical (unpaired) electrons. The summed E-state index contributed by atoms with van der Waals surface area (Å²) in [5.74, 6) is 0.915. The third-order valence-corrected chi connectivity index (χ3v) is 5.83. The van der Waals surface area contributed by atoms with Gasteiger partial charge in [-0.25, -0.2) is 14.6 Å². The number of hydrogen-bond acceptors (Lipinski definition) is 7. The summed E-state index contributed by atoms with van der Waals surface area (Å²) in [6, 6.07) is 9.74. The fourth-order valence-electron chi connectivity index (χ4n) is 3.51. The van der Waals surface area contributed by atoms with E-state index >= 15 is 0 Å². The van der Waals surface area contributed by atoms with Crippen molar-refractivity contribution in [1.82, 2.24) is 25.1 Å². The van der Waals surface area contributed by atoms with Gasteiger partial charge >= 0.3 is 0 Å². The molecular formula is C22H28N6O2S. The highest BCUT2D eigenvalue weighted by Gasteiger charge is 2.20. The number of anilines is 1. The van der Waals surface area contributed by atoms with Crippen LogP contribution in [0.3, 0.4) is 0 Å². The molecule has 1 aliphatic heterocycles. The lowest BCUT2D eigenvalue weighted by molar-refractivity contribution is -0.120. The van der Waals surface area contributed by atoms with Gasteiger partial charge in [0.25, 0.3) is 0 Å². The van der Waals surface area contributed by atoms with E-state index in [2.05, 4.69) is 29.2 Å². The molecule has 164 valence electrons. The minimum atomic E-state index is 0.00217. The van der Waals surface area contributed by atoms with E-state index in [4.69, 9.17) is 14.7 Å². The number of rotatable bonds is 8. The van der Waals surface area contributed by atoms with E-state index in [1.165, 1.54) is 0 Å². The number of nitrogens with zero attached hydrogens (tertiary/aromatic N) is 5. The molecule has 8 nitrogen and oxygen atoms in total. The molecule has 1 aliphatic rings. The van der Waals surface area contributed by atoms with Crippen molar-refractivity contribution in [2.45, 2.75) is 37.2 Å². The SMILES string of the molecule is CC(C)Sc1nc(N2CCOCC2)c2cnn(CCNC(=O)Cc3ccccc3)c2n1. The minimum Gasteiger partial charge on any atom is -0.378 e. The number of carbonyl (C=O) groups excluding carboxylic acids is 1. The van der Waals surface area contributed by atoms with E-state index in [0.717, 1.165) is 40.7 Å². The number of nitrogens with one attached hydrogen (secondary N) is 1. The largest absolute Gasteiger partial charge is 0.378 e. The zero-order valence-electron chi connectivity index (χ0n) is 18.0. The van der Waals surface area contributed by atoms with E-state index < -0.39 is 0 Å². The lowest BCUT2D eigenvalue weighted by Crippen LogP contribution is -2.37. The maximum Gasteiger partial charge on any atom is 0.224 e. The van der Waals surface area contributed by atoms with Crippen LogP contribution in [0.15, 0.2) is 41.7 Å². The number of thioether (sulfide) groups is 1. The Morgan fingerprint density at radius 1 is 1.19 bits per heavy atom. The molecule has 1 amide bonds. The zero-order valence-corrected chi connectivity index (χ0v) is 18.8. The number of ether oxygens (including phenoxy) is 1. The average molecular weight is 441 g/mol. The summed E-state index contributed by atoms with van der Waals surface area (Å²) >= 11 is 1.64. The van der Waals surface area contributed by atoms with E-state index in [1.54, 1.807) is 11.8 Å². The predicted octanol–water partition coefficient (Wildman–Crippen LogP) is 2.52. The molecule has 0 saturated carbocycles. The van der Waals surface area contributed by atoms with Gasteiger partial charge in [-0.3, -0.25) is 4.79 Å². The molecular weight excluding hydrogens is 412 g/mol. The van der Waals surface area contributed by atoms with Crippen molar-refractivity contribution < 1.29 is 9.53 Å². The Morgan fingerprint density at radius 3 is 2.71 bits per heavy atom. The summed E-state index contributed by atoms with van der Waals surface area (Å²) in [5, 5.41) is 9.59. The number of carbonyl (C=O) groups is 1. The highest BCUT2D eigenvalue weighted by atomic mass is 32.2. The molecule has 4 rings (SSSR count). The molecule has 3 heterocycles. The summed E-state index contributed by atoms with van der Waals surface area (Å²) in [5.41, 5.74) is 1.81. The quantitative estimate of drug-likeness (QED) is 0.426. The summed E-state index contributed by atoms with van der Waals surface area (Å²) < 4.78 is 7.36. The van der Waals surface area contributed by atoms with Gasteiger partial charge in [-0.2, -0.15) is 5.10 Å². The number of hydrogen-bond donors (Lipinski definition) is 1. The number of amides is 1. The van der Waals surface area contributed by atoms with Gasteiger partial charge in [-0.1, -0.05) is 55.9 Å². The molecule has 2 aromatic heterocycles. The molecule has 0 unspecified atom stereocenters. The van der Waals surface area contributed by atoms with Crippen molar-refractivity contribution in [3.63, 3.8) is 0 Å². The first kappa shape index (κ1) is 21.6. The van der Waals surface area contributed by atoms with Gasteiger partial charge in [0.1, 0.15) is 5.82 Å². The van der Waals surface area contributed by atoms with E-state index in [1.807, 2.05) is 41.2 Å². The smallest absolute Gasteiger partial charge is 0.224 e. The van der Waals surface area contributed by atoms with E-state index in [9.17, 15) is 4.79 Å². The van der Waals surface area contributed by atoms with E-state index in [0.29, 0.717) is 38.0 Å². The molecule has 1 saturated heterocycles. The molecule has 0 bridgehead atoms. The van der Waals surface area contributed by atoms with Crippen LogP contribution < -0.4 is 10.2 Å². The van der Waals surface area contributed by atoms with Gasteiger partial charge in [0, 0.05) is 24.9 Å². The Kier molecular flexibility index (Phi) is 7.03. The maximum absolute atomic E-state index is 12.3. The molecule has 9 heteroatoms. The van der Waals surface area contributed by atoms with Gasteiger partial charge in [-0.05, 0) is 5.56 Å². The molecule has 31 heavy (non-hydrogen) atoms. The second-order valence-electron chi connectivity index (χ2n) is 7.71. The normalized spacial score (nSPS) is 14.4. The van der Waals surface area contributed by atoms with Crippen LogP contribution >= 0.6 is 11.8 Å². The lowest BCUT2D eigenvalue weighted by Gasteiger charge is -2.28. The molecule has 0 atom stereocenters. The van der Waals surface area contributed by atoms with Crippen molar-refractivity contribution in [3.05, 3.63) is 42.1 Å². The molecule has 1 N–H and O–H groups in total. The van der Waals surface area contributed by atoms with Gasteiger partial charge in [0.15, 0.2) is 10.8 Å². The molecule has 3 aromatic rings. The van der Waals surface area contributed by atoms with Crippen LogP contribution in [0.1, 0.15) is 19.4 Å². The monoisotopic (exact) mass is 440 g/mol. The zero-order chi connectivity index (χ0) is 21.6. The van der Waals surface area contributed by atoms with Crippen LogP contribution in [0.2, 0.25) is 0 Å². The van der Waals surface area contributed by atoms with Gasteiger partial charge in [0.2, 0.25) is 5.91 Å². The van der Waals surface area contributed by atoms with Crippen LogP contribution in [0, 0.1) is 0 Å². The first-order valence-electron chi connectivity index (χ1n) is 10.6. The fraction of sp³-hybridized carbons (Fsp3) is 0.455. The number of morpholine rings is 1. The van der Waals surface area contributed by atoms with Crippen LogP contribution in [-0.4, -0.2) is 63.8 Å². The highest BCUT2D eigenvalue weighted by Crippen LogP contribution is 2.29. The summed E-state index contributed by atoms with van der Waals surface area (Å²) in [6.07, 6.45) is 2.20.